The van der Waals surface area contributed by atoms with Crippen molar-refractivity contribution >= 4 is 11.8 Å². The Morgan fingerprint density at radius 3 is 2.90 bits per heavy atom. The van der Waals surface area contributed by atoms with Gasteiger partial charge >= 0.3 is 6.03 Å². The molecule has 0 radical (unpaired) electrons. The second kappa shape index (κ2) is 7.36. The highest BCUT2D eigenvalue weighted by Crippen LogP contribution is 2.28. The van der Waals surface area contributed by atoms with Crippen LogP contribution in [0.2, 0.25) is 0 Å². The molecule has 8 heteroatoms. The van der Waals surface area contributed by atoms with E-state index in [-0.39, 0.29) is 6.03 Å². The zero-order valence-corrected chi connectivity index (χ0v) is 16.4. The molecule has 1 unspecified atom stereocenters. The van der Waals surface area contributed by atoms with Crippen LogP contribution < -0.4 is 5.32 Å². The Bertz CT molecular complexity index is 1020. The number of anilines is 1. The van der Waals surface area contributed by atoms with E-state index in [4.69, 9.17) is 4.74 Å². The van der Waals surface area contributed by atoms with Crippen LogP contribution in [0.4, 0.5) is 10.6 Å². The molecule has 3 aromatic rings. The summed E-state index contributed by atoms with van der Waals surface area (Å²) in [7, 11) is 1.86. The van der Waals surface area contributed by atoms with E-state index in [0.717, 1.165) is 42.1 Å². The summed E-state index contributed by atoms with van der Waals surface area (Å²) in [5.74, 6) is 1.00. The largest absolute Gasteiger partial charge is 0.381 e. The van der Waals surface area contributed by atoms with Gasteiger partial charge in [0.15, 0.2) is 0 Å². The molecule has 4 heterocycles. The summed E-state index contributed by atoms with van der Waals surface area (Å²) in [6.07, 6.45) is 3.97. The van der Waals surface area contributed by atoms with Gasteiger partial charge < -0.3 is 9.64 Å². The van der Waals surface area contributed by atoms with E-state index >= 15 is 0 Å². The predicted octanol–water partition coefficient (Wildman–Crippen LogP) is 3.05. The van der Waals surface area contributed by atoms with E-state index in [1.54, 1.807) is 9.58 Å². The van der Waals surface area contributed by atoms with Crippen LogP contribution in [0.1, 0.15) is 35.7 Å². The maximum Gasteiger partial charge on any atom is 0.323 e. The Hall–Kier alpha value is -3.13. The van der Waals surface area contributed by atoms with E-state index < -0.39 is 0 Å². The normalized spacial score (nSPS) is 18.7. The first-order chi connectivity index (χ1) is 14.2. The number of carbonyl (C=O) groups is 1. The Labute approximate surface area is 169 Å². The third kappa shape index (κ3) is 3.40. The lowest BCUT2D eigenvalue weighted by atomic mass is 9.99. The van der Waals surface area contributed by atoms with E-state index in [1.165, 1.54) is 0 Å². The van der Waals surface area contributed by atoms with Crippen LogP contribution in [0.3, 0.4) is 0 Å². The number of urea groups is 1. The van der Waals surface area contributed by atoms with Crippen molar-refractivity contribution in [3.8, 4) is 5.69 Å². The Kier molecular flexibility index (Phi) is 4.55. The third-order valence-corrected chi connectivity index (χ3v) is 5.66. The molecule has 1 N–H and O–H groups in total. The monoisotopic (exact) mass is 392 g/mol. The first kappa shape index (κ1) is 17.9. The van der Waals surface area contributed by atoms with Crippen molar-refractivity contribution in [1.29, 1.82) is 0 Å². The molecule has 5 rings (SSSR count). The van der Waals surface area contributed by atoms with Crippen molar-refractivity contribution in [2.45, 2.75) is 31.8 Å². The summed E-state index contributed by atoms with van der Waals surface area (Å²) >= 11 is 0. The van der Waals surface area contributed by atoms with Crippen molar-refractivity contribution in [2.75, 3.05) is 18.5 Å². The summed E-state index contributed by atoms with van der Waals surface area (Å²) in [5.41, 5.74) is 4.11. The lowest BCUT2D eigenvalue weighted by Crippen LogP contribution is -2.31. The summed E-state index contributed by atoms with van der Waals surface area (Å²) in [6, 6.07) is 11.8. The topological polar surface area (TPSA) is 77.2 Å². The molecule has 0 spiro atoms. The van der Waals surface area contributed by atoms with Crippen molar-refractivity contribution in [2.24, 2.45) is 7.05 Å². The number of hydrogen-bond donors (Lipinski definition) is 1. The lowest BCUT2D eigenvalue weighted by Gasteiger charge is -2.19. The van der Waals surface area contributed by atoms with Crippen molar-refractivity contribution < 1.29 is 9.53 Å². The third-order valence-electron chi connectivity index (χ3n) is 5.66. The molecular formula is C21H24N6O2. The van der Waals surface area contributed by atoms with Crippen LogP contribution in [-0.4, -0.2) is 43.7 Å². The van der Waals surface area contributed by atoms with Gasteiger partial charge in [-0.25, -0.2) is 9.48 Å². The zero-order valence-electron chi connectivity index (χ0n) is 16.4. The number of amides is 2. The van der Waals surface area contributed by atoms with Gasteiger partial charge in [0.05, 0.1) is 43.0 Å². The van der Waals surface area contributed by atoms with Crippen LogP contribution >= 0.6 is 0 Å². The molecule has 0 saturated carbocycles. The van der Waals surface area contributed by atoms with Crippen LogP contribution in [0.25, 0.3) is 5.69 Å². The number of para-hydroxylation sites is 1. The minimum absolute atomic E-state index is 0.129. The molecule has 8 nitrogen and oxygen atoms in total. The highest BCUT2D eigenvalue weighted by molar-refractivity contribution is 5.88. The van der Waals surface area contributed by atoms with Crippen LogP contribution in [0.15, 0.2) is 42.6 Å². The van der Waals surface area contributed by atoms with Gasteiger partial charge in [-0.1, -0.05) is 18.2 Å². The molecule has 1 fully saturated rings. The fourth-order valence-corrected chi connectivity index (χ4v) is 4.05. The fraction of sp³-hybridized carbons (Fsp3) is 0.381. The number of aromatic nitrogens is 4. The maximum atomic E-state index is 12.9. The summed E-state index contributed by atoms with van der Waals surface area (Å²) in [4.78, 5) is 14.7. The van der Waals surface area contributed by atoms with Crippen LogP contribution in [-0.2, 0) is 24.9 Å². The standard InChI is InChI=1S/C21H24N6O2/c1-25-20(10-18(24-25)15-6-5-9-29-14-15)23-21(28)26-12-16-11-22-27(19(16)13-26)17-7-3-2-4-8-17/h2-4,7-8,10-11,15H,5-6,9,12-14H2,1H3,(H,23,28). The van der Waals surface area contributed by atoms with Gasteiger partial charge in [-0.15, -0.1) is 0 Å². The summed E-state index contributed by atoms with van der Waals surface area (Å²) in [6.45, 7) is 2.59. The number of carbonyl (C=O) groups excluding carboxylic acids is 1. The highest BCUT2D eigenvalue weighted by Gasteiger charge is 2.28. The quantitative estimate of drug-likeness (QED) is 0.743. The molecule has 1 saturated heterocycles. The highest BCUT2D eigenvalue weighted by atomic mass is 16.5. The number of aryl methyl sites for hydroxylation is 1. The number of rotatable bonds is 3. The van der Waals surface area contributed by atoms with Gasteiger partial charge in [0.2, 0.25) is 0 Å². The predicted molar refractivity (Wildman–Crippen MR) is 108 cm³/mol. The van der Waals surface area contributed by atoms with Gasteiger partial charge in [-0.2, -0.15) is 10.2 Å². The number of nitrogens with one attached hydrogen (secondary N) is 1. The Balaban J connectivity index is 1.29. The Morgan fingerprint density at radius 1 is 1.24 bits per heavy atom. The molecule has 0 bridgehead atoms. The van der Waals surface area contributed by atoms with Crippen LogP contribution in [0.5, 0.6) is 0 Å². The minimum Gasteiger partial charge on any atom is -0.381 e. The first-order valence-electron chi connectivity index (χ1n) is 9.98. The maximum absolute atomic E-state index is 12.9. The van der Waals surface area contributed by atoms with Crippen molar-refractivity contribution in [1.82, 2.24) is 24.5 Å². The van der Waals surface area contributed by atoms with E-state index in [9.17, 15) is 4.79 Å². The number of ether oxygens (including phenoxy) is 1. The second-order valence-corrected chi connectivity index (χ2v) is 7.64. The number of benzene rings is 1. The molecule has 2 aromatic heterocycles. The number of hydrogen-bond acceptors (Lipinski definition) is 4. The van der Waals surface area contributed by atoms with Gasteiger partial charge in [0.25, 0.3) is 0 Å². The summed E-state index contributed by atoms with van der Waals surface area (Å²) < 4.78 is 9.21. The van der Waals surface area contributed by atoms with Crippen molar-refractivity contribution in [3.63, 3.8) is 0 Å². The first-order valence-corrected chi connectivity index (χ1v) is 9.98. The molecule has 0 aliphatic carbocycles. The average molecular weight is 392 g/mol. The van der Waals surface area contributed by atoms with Gasteiger partial charge in [-0.05, 0) is 25.0 Å². The SMILES string of the molecule is Cn1nc(C2CCCOC2)cc1NC(=O)N1Cc2cnn(-c3ccccc3)c2C1. The molecule has 2 aliphatic rings. The molecule has 29 heavy (non-hydrogen) atoms. The van der Waals surface area contributed by atoms with Gasteiger partial charge in [0, 0.05) is 31.2 Å². The van der Waals surface area contributed by atoms with Crippen molar-refractivity contribution in [3.05, 3.63) is 59.5 Å². The Morgan fingerprint density at radius 2 is 2.10 bits per heavy atom. The molecule has 1 aromatic carbocycles. The van der Waals surface area contributed by atoms with E-state index in [2.05, 4.69) is 15.5 Å². The van der Waals surface area contributed by atoms with Crippen LogP contribution in [0, 0.1) is 0 Å². The number of fused-ring (bicyclic) bond motifs is 1. The van der Waals surface area contributed by atoms with E-state index in [1.807, 2.05) is 54.3 Å². The molecule has 2 aliphatic heterocycles. The summed E-state index contributed by atoms with van der Waals surface area (Å²) in [5, 5.41) is 12.1. The molecular weight excluding hydrogens is 368 g/mol. The smallest absolute Gasteiger partial charge is 0.323 e. The molecule has 2 amide bonds. The van der Waals surface area contributed by atoms with Gasteiger partial charge in [-0.3, -0.25) is 10.00 Å². The average Bonchev–Trinajstić information content (AvgIpc) is 3.44. The second-order valence-electron chi connectivity index (χ2n) is 7.64. The molecule has 150 valence electrons. The van der Waals surface area contributed by atoms with E-state index in [0.29, 0.717) is 31.4 Å². The zero-order chi connectivity index (χ0) is 19.8. The number of nitrogens with zero attached hydrogens (tertiary/aromatic N) is 5. The lowest BCUT2D eigenvalue weighted by molar-refractivity contribution is 0.0791. The minimum atomic E-state index is -0.129. The fourth-order valence-electron chi connectivity index (χ4n) is 4.05. The van der Waals surface area contributed by atoms with Gasteiger partial charge in [0.1, 0.15) is 5.82 Å². The molecule has 1 atom stereocenters.